The molecule has 134 valence electrons. The lowest BCUT2D eigenvalue weighted by Crippen LogP contribution is -2.33. The van der Waals surface area contributed by atoms with Gasteiger partial charge < -0.3 is 20.5 Å². The van der Waals surface area contributed by atoms with Crippen LogP contribution in [0.1, 0.15) is 38.2 Å². The van der Waals surface area contributed by atoms with Crippen molar-refractivity contribution in [3.63, 3.8) is 0 Å². The molecule has 0 aliphatic carbocycles. The summed E-state index contributed by atoms with van der Waals surface area (Å²) < 4.78 is 10.3. The zero-order valence-corrected chi connectivity index (χ0v) is 14.3. The molecule has 1 amide bonds. The van der Waals surface area contributed by atoms with Crippen LogP contribution in [0.4, 0.5) is 4.79 Å². The zero-order valence-electron chi connectivity index (χ0n) is 14.3. The number of hydrogen-bond acceptors (Lipinski definition) is 5. The highest BCUT2D eigenvalue weighted by Gasteiger charge is 2.12. The summed E-state index contributed by atoms with van der Waals surface area (Å²) in [5.74, 6) is -0.0707. The smallest absolute Gasteiger partial charge is 0.407 e. The molecule has 1 atom stereocenters. The number of nitrogens with two attached hydrogens (primary N) is 1. The van der Waals surface area contributed by atoms with Gasteiger partial charge in [0.2, 0.25) is 0 Å². The van der Waals surface area contributed by atoms with Gasteiger partial charge >= 0.3 is 6.09 Å². The molecule has 0 heterocycles. The highest BCUT2D eigenvalue weighted by Crippen LogP contribution is 2.02. The Balaban J connectivity index is 2.02. The number of carbonyl (C=O) groups is 2. The Morgan fingerprint density at radius 3 is 2.67 bits per heavy atom. The number of ether oxygens (including phenoxy) is 2. The van der Waals surface area contributed by atoms with Crippen LogP contribution in [0.25, 0.3) is 0 Å². The topological polar surface area (TPSA) is 90.6 Å². The van der Waals surface area contributed by atoms with Gasteiger partial charge in [-0.15, -0.1) is 0 Å². The molecule has 6 heteroatoms. The fraction of sp³-hybridized carbons (Fsp3) is 0.556. The molecule has 0 aromatic heterocycles. The van der Waals surface area contributed by atoms with Crippen LogP contribution in [0.3, 0.4) is 0 Å². The van der Waals surface area contributed by atoms with Crippen molar-refractivity contribution in [1.29, 1.82) is 0 Å². The van der Waals surface area contributed by atoms with E-state index in [-0.39, 0.29) is 19.0 Å². The number of hydrogen-bond donors (Lipinski definition) is 2. The molecule has 0 unspecified atom stereocenters. The van der Waals surface area contributed by atoms with Crippen LogP contribution in [0.2, 0.25) is 0 Å². The van der Waals surface area contributed by atoms with Gasteiger partial charge in [-0.3, -0.25) is 4.79 Å². The Morgan fingerprint density at radius 1 is 1.21 bits per heavy atom. The zero-order chi connectivity index (χ0) is 17.6. The molecule has 24 heavy (non-hydrogen) atoms. The van der Waals surface area contributed by atoms with E-state index in [1.54, 1.807) is 0 Å². The van der Waals surface area contributed by atoms with Gasteiger partial charge in [0.25, 0.3) is 0 Å². The van der Waals surface area contributed by atoms with E-state index in [2.05, 4.69) is 5.32 Å². The molecule has 0 saturated carbocycles. The Bertz CT molecular complexity index is 479. The van der Waals surface area contributed by atoms with Crippen molar-refractivity contribution in [2.75, 3.05) is 19.8 Å². The third-order valence-corrected chi connectivity index (χ3v) is 3.43. The number of Topliss-reactive ketones (excluding diaryl/α,β-unsaturated/α-hetero) is 1. The average Bonchev–Trinajstić information content (AvgIpc) is 2.60. The lowest BCUT2D eigenvalue weighted by atomic mass is 10.1. The molecule has 1 aromatic rings. The van der Waals surface area contributed by atoms with Gasteiger partial charge in [-0.2, -0.15) is 0 Å². The lowest BCUT2D eigenvalue weighted by molar-refractivity contribution is -0.125. The van der Waals surface area contributed by atoms with Crippen LogP contribution in [-0.4, -0.2) is 37.7 Å². The van der Waals surface area contributed by atoms with Crippen LogP contribution in [0.5, 0.6) is 0 Å². The first kappa shape index (κ1) is 20.1. The maximum absolute atomic E-state index is 11.7. The van der Waals surface area contributed by atoms with Crippen molar-refractivity contribution in [2.45, 2.75) is 45.3 Å². The summed E-state index contributed by atoms with van der Waals surface area (Å²) in [7, 11) is 0. The number of unbranched alkanes of at least 4 members (excludes halogenated alkanes) is 1. The summed E-state index contributed by atoms with van der Waals surface area (Å²) in [6.07, 6.45) is 2.55. The highest BCUT2D eigenvalue weighted by atomic mass is 16.5. The van der Waals surface area contributed by atoms with Gasteiger partial charge in [-0.05, 0) is 31.2 Å². The molecule has 1 rings (SSSR count). The van der Waals surface area contributed by atoms with Crippen molar-refractivity contribution >= 4 is 11.9 Å². The second-order valence-electron chi connectivity index (χ2n) is 5.61. The van der Waals surface area contributed by atoms with Gasteiger partial charge in [-0.25, -0.2) is 4.79 Å². The molecule has 1 aromatic carbocycles. The number of amides is 1. The minimum Gasteiger partial charge on any atom is -0.445 e. The molecule has 0 fully saturated rings. The minimum absolute atomic E-state index is 0.0707. The Morgan fingerprint density at radius 2 is 1.96 bits per heavy atom. The molecular weight excluding hydrogens is 308 g/mol. The summed E-state index contributed by atoms with van der Waals surface area (Å²) in [5.41, 5.74) is 6.76. The molecular formula is C18H28N2O4. The molecule has 0 bridgehead atoms. The monoisotopic (exact) mass is 336 g/mol. The third kappa shape index (κ3) is 9.27. The van der Waals surface area contributed by atoms with E-state index >= 15 is 0 Å². The number of benzene rings is 1. The van der Waals surface area contributed by atoms with Crippen molar-refractivity contribution in [2.24, 2.45) is 5.73 Å². The molecule has 0 aliphatic rings. The SMILES string of the molecule is CCCOCC(=O)[C@@H](N)CCCCNC(=O)OCc1ccccc1. The predicted molar refractivity (Wildman–Crippen MR) is 92.6 cm³/mol. The number of rotatable bonds is 12. The molecule has 3 N–H and O–H groups in total. The van der Waals surface area contributed by atoms with Crippen LogP contribution < -0.4 is 11.1 Å². The molecule has 6 nitrogen and oxygen atoms in total. The number of alkyl carbamates (subject to hydrolysis) is 1. The number of nitrogens with one attached hydrogen (secondary N) is 1. The summed E-state index contributed by atoms with van der Waals surface area (Å²) in [6, 6.07) is 9.01. The summed E-state index contributed by atoms with van der Waals surface area (Å²) in [4.78, 5) is 23.2. The first-order valence-corrected chi connectivity index (χ1v) is 8.44. The van der Waals surface area contributed by atoms with Crippen molar-refractivity contribution in [3.05, 3.63) is 35.9 Å². The average molecular weight is 336 g/mol. The quantitative estimate of drug-likeness (QED) is 0.572. The Kier molecular flexibility index (Phi) is 10.5. The first-order valence-electron chi connectivity index (χ1n) is 8.44. The number of ketones is 1. The maximum Gasteiger partial charge on any atom is 0.407 e. The normalized spacial score (nSPS) is 11.8. The van der Waals surface area contributed by atoms with Crippen LogP contribution in [0, 0.1) is 0 Å². The van der Waals surface area contributed by atoms with E-state index in [1.165, 1.54) is 0 Å². The van der Waals surface area contributed by atoms with Crippen molar-refractivity contribution in [3.8, 4) is 0 Å². The van der Waals surface area contributed by atoms with Crippen LogP contribution >= 0.6 is 0 Å². The summed E-state index contributed by atoms with van der Waals surface area (Å²) in [6.45, 7) is 3.40. The molecule has 0 spiro atoms. The Labute approximate surface area is 143 Å². The fourth-order valence-corrected chi connectivity index (χ4v) is 2.04. The van der Waals surface area contributed by atoms with E-state index < -0.39 is 12.1 Å². The molecule has 0 radical (unpaired) electrons. The fourth-order valence-electron chi connectivity index (χ4n) is 2.04. The van der Waals surface area contributed by atoms with Crippen LogP contribution in [0.15, 0.2) is 30.3 Å². The lowest BCUT2D eigenvalue weighted by Gasteiger charge is -2.11. The largest absolute Gasteiger partial charge is 0.445 e. The predicted octanol–water partition coefficient (Wildman–Crippen LogP) is 2.41. The highest BCUT2D eigenvalue weighted by molar-refractivity contribution is 5.84. The molecule has 0 aliphatic heterocycles. The number of carbonyl (C=O) groups excluding carboxylic acids is 2. The van der Waals surface area contributed by atoms with E-state index in [0.29, 0.717) is 19.6 Å². The second-order valence-corrected chi connectivity index (χ2v) is 5.61. The summed E-state index contributed by atoms with van der Waals surface area (Å²) >= 11 is 0. The maximum atomic E-state index is 11.7. The van der Waals surface area contributed by atoms with Crippen molar-refractivity contribution in [1.82, 2.24) is 5.32 Å². The Hall–Kier alpha value is -1.92. The van der Waals surface area contributed by atoms with E-state index in [0.717, 1.165) is 24.8 Å². The van der Waals surface area contributed by atoms with Crippen LogP contribution in [-0.2, 0) is 20.9 Å². The van der Waals surface area contributed by atoms with Gasteiger partial charge in [0.05, 0.1) is 6.04 Å². The van der Waals surface area contributed by atoms with E-state index in [4.69, 9.17) is 15.2 Å². The van der Waals surface area contributed by atoms with Gasteiger partial charge in [0.1, 0.15) is 13.2 Å². The molecule has 0 saturated heterocycles. The van der Waals surface area contributed by atoms with E-state index in [1.807, 2.05) is 37.3 Å². The van der Waals surface area contributed by atoms with Crippen molar-refractivity contribution < 1.29 is 19.1 Å². The van der Waals surface area contributed by atoms with Gasteiger partial charge in [0.15, 0.2) is 5.78 Å². The van der Waals surface area contributed by atoms with Gasteiger partial charge in [0, 0.05) is 13.2 Å². The van der Waals surface area contributed by atoms with Gasteiger partial charge in [-0.1, -0.05) is 37.3 Å². The second kappa shape index (κ2) is 12.5. The first-order chi connectivity index (χ1) is 11.6. The summed E-state index contributed by atoms with van der Waals surface area (Å²) in [5, 5.41) is 2.69. The minimum atomic E-state index is -0.494. The third-order valence-electron chi connectivity index (χ3n) is 3.43. The standard InChI is InChI=1S/C18H28N2O4/c1-2-12-23-14-17(21)16(19)10-6-7-11-20-18(22)24-13-15-8-4-3-5-9-15/h3-5,8-9,16H,2,6-7,10-14,19H2,1H3,(H,20,22)/t16-/m0/s1. The van der Waals surface area contributed by atoms with E-state index in [9.17, 15) is 9.59 Å².